The van der Waals surface area contributed by atoms with Gasteiger partial charge in [0.2, 0.25) is 0 Å². The summed E-state index contributed by atoms with van der Waals surface area (Å²) in [6.45, 7) is 10.0. The number of Topliss-reactive ketones (excluding diaryl/α,β-unsaturated/α-hetero) is 1. The predicted octanol–water partition coefficient (Wildman–Crippen LogP) is 3.44. The highest BCUT2D eigenvalue weighted by atomic mass is 32.2. The molecule has 0 bridgehead atoms. The van der Waals surface area contributed by atoms with Crippen LogP contribution >= 0.6 is 11.8 Å². The Bertz CT molecular complexity index is 167. The summed E-state index contributed by atoms with van der Waals surface area (Å²) >= 11 is 1.72. The molecule has 0 aromatic rings. The number of hydrogen-bond donors (Lipinski definition) is 0. The lowest BCUT2D eigenvalue weighted by atomic mass is 10.2. The van der Waals surface area contributed by atoms with E-state index in [1.165, 1.54) is 0 Å². The topological polar surface area (TPSA) is 17.1 Å². The predicted molar refractivity (Wildman–Crippen MR) is 61.3 cm³/mol. The fraction of sp³-hybridized carbons (Fsp3) is 0.727. The van der Waals surface area contributed by atoms with Gasteiger partial charge in [-0.05, 0) is 12.8 Å². The molecule has 0 heterocycles. The van der Waals surface area contributed by atoms with Crippen LogP contribution in [0.25, 0.3) is 0 Å². The van der Waals surface area contributed by atoms with Crippen LogP contribution in [0.3, 0.4) is 0 Å². The molecule has 0 spiro atoms. The van der Waals surface area contributed by atoms with Gasteiger partial charge in [0.25, 0.3) is 0 Å². The summed E-state index contributed by atoms with van der Waals surface area (Å²) < 4.78 is 0.202. The number of allylic oxidation sites excluding steroid dienone is 1. The van der Waals surface area contributed by atoms with Crippen molar-refractivity contribution in [3.8, 4) is 0 Å². The average Bonchev–Trinajstić information content (AvgIpc) is 2.00. The molecule has 2 heteroatoms. The van der Waals surface area contributed by atoms with Crippen LogP contribution in [0, 0.1) is 0 Å². The third-order valence-corrected chi connectivity index (χ3v) is 2.86. The Morgan fingerprint density at radius 3 is 2.54 bits per heavy atom. The van der Waals surface area contributed by atoms with Crippen molar-refractivity contribution >= 4 is 17.5 Å². The first-order valence-corrected chi connectivity index (χ1v) is 5.71. The molecular formula is C11H20OS. The van der Waals surface area contributed by atoms with Crippen molar-refractivity contribution in [2.75, 3.05) is 5.75 Å². The minimum atomic E-state index is 0.202. The van der Waals surface area contributed by atoms with Crippen LogP contribution in [0.5, 0.6) is 0 Å². The van der Waals surface area contributed by atoms with E-state index in [9.17, 15) is 4.79 Å². The molecule has 0 saturated carbocycles. The van der Waals surface area contributed by atoms with Gasteiger partial charge in [0.1, 0.15) is 5.78 Å². The van der Waals surface area contributed by atoms with Gasteiger partial charge in [-0.3, -0.25) is 4.79 Å². The lowest BCUT2D eigenvalue weighted by Gasteiger charge is -2.16. The Hall–Kier alpha value is -0.240. The summed E-state index contributed by atoms with van der Waals surface area (Å²) in [5, 5.41) is 0. The number of carbonyl (C=O) groups excluding carboxylic acids is 1. The Morgan fingerprint density at radius 2 is 2.08 bits per heavy atom. The van der Waals surface area contributed by atoms with E-state index in [1.54, 1.807) is 11.8 Å². The second-order valence-corrected chi connectivity index (χ2v) is 5.92. The van der Waals surface area contributed by atoms with Crippen molar-refractivity contribution < 1.29 is 4.79 Å². The van der Waals surface area contributed by atoms with E-state index in [1.807, 2.05) is 6.08 Å². The van der Waals surface area contributed by atoms with Crippen molar-refractivity contribution in [2.45, 2.75) is 44.8 Å². The quantitative estimate of drug-likeness (QED) is 0.482. The monoisotopic (exact) mass is 200 g/mol. The highest BCUT2D eigenvalue weighted by molar-refractivity contribution is 8.01. The van der Waals surface area contributed by atoms with Crippen LogP contribution in [0.2, 0.25) is 0 Å². The van der Waals surface area contributed by atoms with Crippen LogP contribution in [0.4, 0.5) is 0 Å². The molecule has 13 heavy (non-hydrogen) atoms. The van der Waals surface area contributed by atoms with Crippen molar-refractivity contribution in [1.82, 2.24) is 0 Å². The Balaban J connectivity index is 3.46. The van der Waals surface area contributed by atoms with Crippen LogP contribution in [0.15, 0.2) is 12.7 Å². The normalized spacial score (nSPS) is 11.3. The highest BCUT2D eigenvalue weighted by Crippen LogP contribution is 2.23. The van der Waals surface area contributed by atoms with Crippen molar-refractivity contribution in [1.29, 1.82) is 0 Å². The van der Waals surface area contributed by atoms with E-state index in [2.05, 4.69) is 27.4 Å². The lowest BCUT2D eigenvalue weighted by Crippen LogP contribution is -2.12. The van der Waals surface area contributed by atoms with Gasteiger partial charge in [0.05, 0.1) is 5.75 Å². The molecule has 0 rings (SSSR count). The smallest absolute Gasteiger partial charge is 0.142 e. The molecule has 0 atom stereocenters. The molecule has 0 fully saturated rings. The van der Waals surface area contributed by atoms with E-state index in [-0.39, 0.29) is 4.75 Å². The van der Waals surface area contributed by atoms with Crippen molar-refractivity contribution in [3.63, 3.8) is 0 Å². The van der Waals surface area contributed by atoms with Crippen LogP contribution in [-0.4, -0.2) is 16.3 Å². The molecule has 0 radical (unpaired) electrons. The summed E-state index contributed by atoms with van der Waals surface area (Å²) in [5.74, 6) is 1.02. The van der Waals surface area contributed by atoms with Gasteiger partial charge in [0, 0.05) is 11.2 Å². The van der Waals surface area contributed by atoms with Crippen molar-refractivity contribution in [3.05, 3.63) is 12.7 Å². The molecule has 0 saturated heterocycles. The highest BCUT2D eigenvalue weighted by Gasteiger charge is 2.12. The third-order valence-electron chi connectivity index (χ3n) is 1.53. The Labute approximate surface area is 86.0 Å². The minimum Gasteiger partial charge on any atom is -0.299 e. The summed E-state index contributed by atoms with van der Waals surface area (Å²) in [7, 11) is 0. The zero-order chi connectivity index (χ0) is 10.3. The zero-order valence-corrected chi connectivity index (χ0v) is 9.75. The van der Waals surface area contributed by atoms with Gasteiger partial charge < -0.3 is 0 Å². The maximum atomic E-state index is 11.3. The van der Waals surface area contributed by atoms with Gasteiger partial charge in [-0.2, -0.15) is 0 Å². The fourth-order valence-electron chi connectivity index (χ4n) is 0.813. The molecule has 1 nitrogen and oxygen atoms in total. The Kier molecular flexibility index (Phi) is 6.13. The van der Waals surface area contributed by atoms with E-state index >= 15 is 0 Å². The molecule has 0 N–H and O–H groups in total. The molecule has 0 aliphatic heterocycles. The zero-order valence-electron chi connectivity index (χ0n) is 8.93. The number of hydrogen-bond acceptors (Lipinski definition) is 2. The van der Waals surface area contributed by atoms with Gasteiger partial charge in [-0.25, -0.2) is 0 Å². The van der Waals surface area contributed by atoms with Gasteiger partial charge in [-0.1, -0.05) is 26.8 Å². The first-order valence-electron chi connectivity index (χ1n) is 4.72. The molecule has 0 unspecified atom stereocenters. The summed E-state index contributed by atoms with van der Waals surface area (Å²) in [4.78, 5) is 11.3. The minimum absolute atomic E-state index is 0.202. The van der Waals surface area contributed by atoms with Gasteiger partial charge in [0.15, 0.2) is 0 Å². The van der Waals surface area contributed by atoms with E-state index in [4.69, 9.17) is 0 Å². The number of carbonyl (C=O) groups is 1. The Morgan fingerprint density at radius 1 is 1.46 bits per heavy atom. The number of rotatable bonds is 6. The van der Waals surface area contributed by atoms with Gasteiger partial charge >= 0.3 is 0 Å². The second-order valence-electron chi connectivity index (χ2n) is 4.12. The third kappa shape index (κ3) is 9.68. The maximum Gasteiger partial charge on any atom is 0.142 e. The van der Waals surface area contributed by atoms with E-state index < -0.39 is 0 Å². The van der Waals surface area contributed by atoms with E-state index in [0.29, 0.717) is 18.0 Å². The molecular weight excluding hydrogens is 180 g/mol. The number of thioether (sulfide) groups is 1. The average molecular weight is 200 g/mol. The molecule has 0 aliphatic rings. The molecule has 0 aliphatic carbocycles. The summed E-state index contributed by atoms with van der Waals surface area (Å²) in [5.41, 5.74) is 0. The SMILES string of the molecule is C=CCCCC(=O)CSC(C)(C)C. The maximum absolute atomic E-state index is 11.3. The summed E-state index contributed by atoms with van der Waals surface area (Å²) in [6.07, 6.45) is 4.47. The van der Waals surface area contributed by atoms with Gasteiger partial charge in [-0.15, -0.1) is 18.3 Å². The first-order chi connectivity index (χ1) is 5.95. The van der Waals surface area contributed by atoms with Crippen LogP contribution < -0.4 is 0 Å². The standard InChI is InChI=1S/C11H20OS/c1-5-6-7-8-10(12)9-13-11(2,3)4/h5H,1,6-9H2,2-4H3. The molecule has 0 aromatic carbocycles. The fourth-order valence-corrected chi connectivity index (χ4v) is 1.55. The van der Waals surface area contributed by atoms with Crippen LogP contribution in [-0.2, 0) is 4.79 Å². The largest absolute Gasteiger partial charge is 0.299 e. The lowest BCUT2D eigenvalue weighted by molar-refractivity contribution is -0.116. The van der Waals surface area contributed by atoms with Crippen molar-refractivity contribution in [2.24, 2.45) is 0 Å². The molecule has 76 valence electrons. The van der Waals surface area contributed by atoms with Crippen LogP contribution in [0.1, 0.15) is 40.0 Å². The number of unbranched alkanes of at least 4 members (excludes halogenated alkanes) is 1. The van der Waals surface area contributed by atoms with E-state index in [0.717, 1.165) is 12.8 Å². The molecule has 0 amide bonds. The summed E-state index contributed by atoms with van der Waals surface area (Å²) in [6, 6.07) is 0. The molecule has 0 aromatic heterocycles. The first kappa shape index (κ1) is 12.8. The number of ketones is 1. The second kappa shape index (κ2) is 6.25.